The average Bonchev–Trinajstić information content (AvgIpc) is 3.21. The van der Waals surface area contributed by atoms with Gasteiger partial charge in [0.25, 0.3) is 0 Å². The van der Waals surface area contributed by atoms with Crippen LogP contribution in [-0.4, -0.2) is 62.6 Å². The predicted octanol–water partition coefficient (Wildman–Crippen LogP) is 2.67. The van der Waals surface area contributed by atoms with Crippen LogP contribution in [-0.2, 0) is 6.42 Å². The fraction of sp³-hybridized carbons (Fsp3) is 0.706. The molecule has 0 radical (unpaired) electrons. The zero-order chi connectivity index (χ0) is 15.6. The summed E-state index contributed by atoms with van der Waals surface area (Å²) in [5.41, 5.74) is 0. The lowest BCUT2D eigenvalue weighted by atomic mass is 10.3. The third kappa shape index (κ3) is 5.97. The van der Waals surface area contributed by atoms with Crippen molar-refractivity contribution in [2.75, 3.05) is 46.8 Å². The summed E-state index contributed by atoms with van der Waals surface area (Å²) in [5.74, 6) is 1.01. The fourth-order valence-corrected chi connectivity index (χ4v) is 3.59. The summed E-state index contributed by atoms with van der Waals surface area (Å²) in [6.07, 6.45) is 6.36. The first kappa shape index (κ1) is 17.3. The van der Waals surface area contributed by atoms with Crippen LogP contribution < -0.4 is 5.32 Å². The third-order valence-electron chi connectivity index (χ3n) is 4.23. The molecule has 5 heteroatoms. The van der Waals surface area contributed by atoms with Crippen molar-refractivity contribution in [1.82, 2.24) is 15.1 Å². The molecule has 4 nitrogen and oxygen atoms in total. The maximum Gasteiger partial charge on any atom is 0.193 e. The number of hydrogen-bond acceptors (Lipinski definition) is 3. The average molecular weight is 323 g/mol. The molecule has 1 aromatic rings. The molecule has 1 aliphatic heterocycles. The van der Waals surface area contributed by atoms with Gasteiger partial charge < -0.3 is 15.1 Å². The van der Waals surface area contributed by atoms with Gasteiger partial charge in [0, 0.05) is 32.1 Å². The molecule has 0 bridgehead atoms. The van der Waals surface area contributed by atoms with Crippen molar-refractivity contribution in [2.45, 2.75) is 32.1 Å². The molecular weight excluding hydrogens is 292 g/mol. The molecule has 0 unspecified atom stereocenters. The minimum atomic E-state index is 1.01. The highest BCUT2D eigenvalue weighted by atomic mass is 32.1. The number of guanidine groups is 1. The molecular formula is C17H30N4S. The minimum absolute atomic E-state index is 1.01. The van der Waals surface area contributed by atoms with Gasteiger partial charge in [0.2, 0.25) is 0 Å². The molecule has 1 fully saturated rings. The van der Waals surface area contributed by atoms with Crippen molar-refractivity contribution in [1.29, 1.82) is 0 Å². The zero-order valence-corrected chi connectivity index (χ0v) is 14.9. The second-order valence-electron chi connectivity index (χ2n) is 5.98. The monoisotopic (exact) mass is 322 g/mol. The van der Waals surface area contributed by atoms with Gasteiger partial charge in [-0.3, -0.25) is 4.99 Å². The number of unbranched alkanes of at least 4 members (excludes halogenated alkanes) is 1. The molecule has 124 valence electrons. The topological polar surface area (TPSA) is 30.9 Å². The Balaban J connectivity index is 1.57. The second kappa shape index (κ2) is 9.85. The Bertz CT molecular complexity index is 424. The van der Waals surface area contributed by atoms with Crippen LogP contribution >= 0.6 is 11.3 Å². The summed E-state index contributed by atoms with van der Waals surface area (Å²) < 4.78 is 0. The molecule has 0 amide bonds. The number of likely N-dealkylation sites (tertiary alicyclic amines) is 1. The fourth-order valence-electron chi connectivity index (χ4n) is 2.89. The smallest absolute Gasteiger partial charge is 0.193 e. The van der Waals surface area contributed by atoms with E-state index in [-0.39, 0.29) is 0 Å². The number of hydrogen-bond donors (Lipinski definition) is 1. The highest BCUT2D eigenvalue weighted by molar-refractivity contribution is 7.09. The van der Waals surface area contributed by atoms with E-state index in [1.165, 1.54) is 50.2 Å². The lowest BCUT2D eigenvalue weighted by Gasteiger charge is -2.22. The van der Waals surface area contributed by atoms with Crippen molar-refractivity contribution >= 4 is 17.3 Å². The van der Waals surface area contributed by atoms with Gasteiger partial charge in [-0.1, -0.05) is 6.07 Å². The SMILES string of the molecule is CN=C(NCCCCN1CCCC1)N(C)CCc1cccs1. The van der Waals surface area contributed by atoms with Gasteiger partial charge in [0.05, 0.1) is 0 Å². The first-order valence-electron chi connectivity index (χ1n) is 8.46. The van der Waals surface area contributed by atoms with Crippen molar-refractivity contribution in [3.8, 4) is 0 Å². The number of aliphatic imine (C=N–C) groups is 1. The molecule has 1 N–H and O–H groups in total. The van der Waals surface area contributed by atoms with Crippen LogP contribution in [0, 0.1) is 0 Å². The minimum Gasteiger partial charge on any atom is -0.356 e. The predicted molar refractivity (Wildman–Crippen MR) is 96.9 cm³/mol. The van der Waals surface area contributed by atoms with Crippen LogP contribution in [0.1, 0.15) is 30.6 Å². The Morgan fingerprint density at radius 2 is 2.18 bits per heavy atom. The van der Waals surface area contributed by atoms with Gasteiger partial charge in [-0.15, -0.1) is 11.3 Å². The molecule has 0 spiro atoms. The van der Waals surface area contributed by atoms with Gasteiger partial charge in [-0.2, -0.15) is 0 Å². The van der Waals surface area contributed by atoms with Crippen molar-refractivity contribution in [2.24, 2.45) is 4.99 Å². The summed E-state index contributed by atoms with van der Waals surface area (Å²) in [4.78, 5) is 10.6. The molecule has 0 atom stereocenters. The van der Waals surface area contributed by atoms with Gasteiger partial charge in [-0.25, -0.2) is 0 Å². The van der Waals surface area contributed by atoms with Crippen molar-refractivity contribution in [3.05, 3.63) is 22.4 Å². The molecule has 2 heterocycles. The summed E-state index contributed by atoms with van der Waals surface area (Å²) in [6.45, 7) is 5.90. The Kier molecular flexibility index (Phi) is 7.74. The highest BCUT2D eigenvalue weighted by Gasteiger charge is 2.10. The van der Waals surface area contributed by atoms with Crippen LogP contribution in [0.15, 0.2) is 22.5 Å². The molecule has 1 saturated heterocycles. The largest absolute Gasteiger partial charge is 0.356 e. The zero-order valence-electron chi connectivity index (χ0n) is 14.1. The quantitative estimate of drug-likeness (QED) is 0.453. The maximum atomic E-state index is 4.39. The molecule has 22 heavy (non-hydrogen) atoms. The Morgan fingerprint density at radius 3 is 2.86 bits per heavy atom. The number of nitrogens with zero attached hydrogens (tertiary/aromatic N) is 3. The Hall–Kier alpha value is -1.07. The molecule has 0 aliphatic carbocycles. The van der Waals surface area contributed by atoms with Crippen molar-refractivity contribution in [3.63, 3.8) is 0 Å². The van der Waals surface area contributed by atoms with Gasteiger partial charge in [0.1, 0.15) is 0 Å². The summed E-state index contributed by atoms with van der Waals surface area (Å²) >= 11 is 1.83. The van der Waals surface area contributed by atoms with E-state index < -0.39 is 0 Å². The van der Waals surface area contributed by atoms with Crippen LogP contribution in [0.2, 0.25) is 0 Å². The molecule has 0 saturated carbocycles. The standard InChI is InChI=1S/C17H30N4S/c1-18-17(20(2)14-9-16-8-7-15-22-16)19-10-3-4-11-21-12-5-6-13-21/h7-8,15H,3-6,9-14H2,1-2H3,(H,18,19). The van der Waals surface area contributed by atoms with E-state index in [4.69, 9.17) is 0 Å². The van der Waals surface area contributed by atoms with Crippen LogP contribution in [0.25, 0.3) is 0 Å². The summed E-state index contributed by atoms with van der Waals surface area (Å²) in [7, 11) is 3.99. The summed E-state index contributed by atoms with van der Waals surface area (Å²) in [6, 6.07) is 4.32. The van der Waals surface area contributed by atoms with Gasteiger partial charge in [0.15, 0.2) is 5.96 Å². The Labute approximate surface area is 139 Å². The highest BCUT2D eigenvalue weighted by Crippen LogP contribution is 2.09. The first-order valence-corrected chi connectivity index (χ1v) is 9.34. The molecule has 1 aliphatic rings. The molecule has 0 aromatic carbocycles. The van der Waals surface area contributed by atoms with Gasteiger partial charge >= 0.3 is 0 Å². The number of nitrogens with one attached hydrogen (secondary N) is 1. The van der Waals surface area contributed by atoms with Crippen LogP contribution in [0.3, 0.4) is 0 Å². The normalized spacial score (nSPS) is 16.2. The van der Waals surface area contributed by atoms with E-state index in [2.05, 4.69) is 44.7 Å². The summed E-state index contributed by atoms with van der Waals surface area (Å²) in [5, 5.41) is 5.63. The van der Waals surface area contributed by atoms with Crippen molar-refractivity contribution < 1.29 is 0 Å². The number of likely N-dealkylation sites (N-methyl/N-ethyl adjacent to an activating group) is 1. The van der Waals surface area contributed by atoms with E-state index in [0.29, 0.717) is 0 Å². The second-order valence-corrected chi connectivity index (χ2v) is 7.01. The third-order valence-corrected chi connectivity index (χ3v) is 5.17. The van der Waals surface area contributed by atoms with E-state index in [0.717, 1.165) is 25.5 Å². The lowest BCUT2D eigenvalue weighted by molar-refractivity contribution is 0.330. The van der Waals surface area contributed by atoms with E-state index in [1.54, 1.807) is 0 Å². The number of thiophene rings is 1. The maximum absolute atomic E-state index is 4.39. The van der Waals surface area contributed by atoms with Gasteiger partial charge in [-0.05, 0) is 63.2 Å². The van der Waals surface area contributed by atoms with E-state index in [9.17, 15) is 0 Å². The van der Waals surface area contributed by atoms with E-state index >= 15 is 0 Å². The first-order chi connectivity index (χ1) is 10.8. The lowest BCUT2D eigenvalue weighted by Crippen LogP contribution is -2.40. The van der Waals surface area contributed by atoms with Crippen LogP contribution in [0.5, 0.6) is 0 Å². The Morgan fingerprint density at radius 1 is 1.36 bits per heavy atom. The van der Waals surface area contributed by atoms with E-state index in [1.807, 2.05) is 18.4 Å². The number of rotatable bonds is 8. The molecule has 2 rings (SSSR count). The molecule has 1 aromatic heterocycles. The van der Waals surface area contributed by atoms with Crippen LogP contribution in [0.4, 0.5) is 0 Å².